The van der Waals surface area contributed by atoms with Gasteiger partial charge in [-0.05, 0) is 48.4 Å². The van der Waals surface area contributed by atoms with E-state index in [0.717, 1.165) is 5.56 Å². The molecule has 2 aromatic carbocycles. The zero-order valence-electron chi connectivity index (χ0n) is 13.8. The van der Waals surface area contributed by atoms with E-state index in [1.54, 1.807) is 12.1 Å². The molecule has 10 heteroatoms. The summed E-state index contributed by atoms with van der Waals surface area (Å²) in [4.78, 5) is -0.000210. The minimum atomic E-state index is -3.75. The second kappa shape index (κ2) is 8.58. The van der Waals surface area contributed by atoms with Crippen LogP contribution in [0.5, 0.6) is 5.75 Å². The minimum Gasteiger partial charge on any atom is -0.492 e. The van der Waals surface area contributed by atoms with Gasteiger partial charge in [0.1, 0.15) is 18.2 Å². The number of nitrogens with two attached hydrogens (primary N) is 1. The van der Waals surface area contributed by atoms with Crippen LogP contribution in [0.15, 0.2) is 53.4 Å². The van der Waals surface area contributed by atoms with Gasteiger partial charge in [-0.2, -0.15) is 0 Å². The quantitative estimate of drug-likeness (QED) is 0.650. The summed E-state index contributed by atoms with van der Waals surface area (Å²) in [5.74, 6) is -0.255. The van der Waals surface area contributed by atoms with Crippen LogP contribution in [0, 0.1) is 5.82 Å². The molecule has 0 spiro atoms. The van der Waals surface area contributed by atoms with Crippen molar-refractivity contribution < 1.29 is 26.0 Å². The third kappa shape index (κ3) is 6.71. The number of sulfonamides is 2. The predicted molar refractivity (Wildman–Crippen MR) is 95.2 cm³/mol. The Labute approximate surface area is 152 Å². The molecular formula is C16H19FN2O5S2. The van der Waals surface area contributed by atoms with Gasteiger partial charge < -0.3 is 4.74 Å². The standard InChI is InChI=1S/C16H19FN2O5S2/c17-14-3-5-15(6-4-14)24-11-12-25(20,21)19-10-9-13-1-7-16(8-2-13)26(18,22)23/h1-8,19H,9-12H2,(H2,18,22,23). The Hall–Kier alpha value is -2.01. The molecule has 0 unspecified atom stereocenters. The van der Waals surface area contributed by atoms with Crippen molar-refractivity contribution in [2.45, 2.75) is 11.3 Å². The summed E-state index contributed by atoms with van der Waals surface area (Å²) in [5.41, 5.74) is 0.766. The van der Waals surface area contributed by atoms with Crippen molar-refractivity contribution in [1.82, 2.24) is 4.72 Å². The summed E-state index contributed by atoms with van der Waals surface area (Å²) in [6, 6.07) is 11.2. The zero-order chi connectivity index (χ0) is 19.2. The first-order chi connectivity index (χ1) is 12.2. The molecule has 0 heterocycles. The molecule has 0 bridgehead atoms. The minimum absolute atomic E-state index is 0.000210. The highest BCUT2D eigenvalue weighted by atomic mass is 32.2. The lowest BCUT2D eigenvalue weighted by Crippen LogP contribution is -2.30. The highest BCUT2D eigenvalue weighted by Gasteiger charge is 2.11. The summed E-state index contributed by atoms with van der Waals surface area (Å²) in [5, 5.41) is 5.01. The fourth-order valence-corrected chi connectivity index (χ4v) is 3.44. The summed E-state index contributed by atoms with van der Waals surface area (Å²) in [6.07, 6.45) is 0.392. The molecular weight excluding hydrogens is 383 g/mol. The van der Waals surface area contributed by atoms with Crippen LogP contribution in [0.3, 0.4) is 0 Å². The second-order valence-electron chi connectivity index (χ2n) is 5.45. The lowest BCUT2D eigenvalue weighted by atomic mass is 10.2. The lowest BCUT2D eigenvalue weighted by molar-refractivity contribution is 0.339. The molecule has 2 rings (SSSR count). The van der Waals surface area contributed by atoms with Gasteiger partial charge in [0.25, 0.3) is 0 Å². The summed E-state index contributed by atoms with van der Waals surface area (Å²) in [6.45, 7) is 0.0949. The maximum absolute atomic E-state index is 12.8. The number of nitrogens with one attached hydrogen (secondary N) is 1. The van der Waals surface area contributed by atoms with Crippen LogP contribution in [0.2, 0.25) is 0 Å². The van der Waals surface area contributed by atoms with Gasteiger partial charge in [-0.25, -0.2) is 31.1 Å². The van der Waals surface area contributed by atoms with Gasteiger partial charge in [-0.1, -0.05) is 12.1 Å². The van der Waals surface area contributed by atoms with E-state index in [1.807, 2.05) is 0 Å². The third-order valence-electron chi connectivity index (χ3n) is 3.42. The molecule has 0 saturated carbocycles. The van der Waals surface area contributed by atoms with E-state index in [-0.39, 0.29) is 23.8 Å². The van der Waals surface area contributed by atoms with Crippen LogP contribution in [0.25, 0.3) is 0 Å². The normalized spacial score (nSPS) is 12.1. The molecule has 0 aliphatic heterocycles. The number of rotatable bonds is 9. The predicted octanol–water partition coefficient (Wildman–Crippen LogP) is 1.01. The number of hydrogen-bond donors (Lipinski definition) is 2. The Kier molecular flexibility index (Phi) is 6.70. The Balaban J connectivity index is 1.76. The zero-order valence-corrected chi connectivity index (χ0v) is 15.4. The lowest BCUT2D eigenvalue weighted by Gasteiger charge is -2.09. The van der Waals surface area contributed by atoms with Gasteiger partial charge in [0, 0.05) is 6.54 Å². The van der Waals surface area contributed by atoms with Gasteiger partial charge in [0.15, 0.2) is 0 Å². The van der Waals surface area contributed by atoms with Gasteiger partial charge in [0.05, 0.1) is 10.6 Å². The molecule has 3 N–H and O–H groups in total. The summed E-state index contributed by atoms with van der Waals surface area (Å²) >= 11 is 0. The molecule has 0 aliphatic rings. The molecule has 0 atom stereocenters. The van der Waals surface area contributed by atoms with E-state index in [1.165, 1.54) is 36.4 Å². The van der Waals surface area contributed by atoms with Crippen molar-refractivity contribution >= 4 is 20.0 Å². The molecule has 26 heavy (non-hydrogen) atoms. The van der Waals surface area contributed by atoms with Crippen LogP contribution in [-0.4, -0.2) is 35.7 Å². The summed E-state index contributed by atoms with van der Waals surface area (Å²) in [7, 11) is -7.27. The van der Waals surface area contributed by atoms with Gasteiger partial charge >= 0.3 is 0 Å². The van der Waals surface area contributed by atoms with Crippen molar-refractivity contribution in [2.24, 2.45) is 5.14 Å². The first-order valence-corrected chi connectivity index (χ1v) is 10.8. The number of hydrogen-bond acceptors (Lipinski definition) is 5. The van der Waals surface area contributed by atoms with Gasteiger partial charge in [-0.3, -0.25) is 0 Å². The van der Waals surface area contributed by atoms with E-state index in [9.17, 15) is 21.2 Å². The number of benzene rings is 2. The molecule has 0 saturated heterocycles. The number of primary sulfonamides is 1. The molecule has 0 aromatic heterocycles. The average Bonchev–Trinajstić information content (AvgIpc) is 2.56. The first kappa shape index (κ1) is 20.3. The van der Waals surface area contributed by atoms with Crippen molar-refractivity contribution in [3.8, 4) is 5.75 Å². The van der Waals surface area contributed by atoms with E-state index in [2.05, 4.69) is 4.72 Å². The van der Waals surface area contributed by atoms with Crippen molar-refractivity contribution in [1.29, 1.82) is 0 Å². The second-order valence-corrected chi connectivity index (χ2v) is 8.94. The topological polar surface area (TPSA) is 116 Å². The molecule has 7 nitrogen and oxygen atoms in total. The maximum atomic E-state index is 12.8. The molecule has 0 aliphatic carbocycles. The fourth-order valence-electron chi connectivity index (χ4n) is 2.07. The van der Waals surface area contributed by atoms with Crippen molar-refractivity contribution in [2.75, 3.05) is 18.9 Å². The van der Waals surface area contributed by atoms with Gasteiger partial charge in [-0.15, -0.1) is 0 Å². The van der Waals surface area contributed by atoms with Gasteiger partial charge in [0.2, 0.25) is 20.0 Å². The van der Waals surface area contributed by atoms with Crippen molar-refractivity contribution in [3.05, 3.63) is 59.9 Å². The third-order valence-corrected chi connectivity index (χ3v) is 5.70. The van der Waals surface area contributed by atoms with Crippen LogP contribution in [0.4, 0.5) is 4.39 Å². The SMILES string of the molecule is NS(=O)(=O)c1ccc(CCNS(=O)(=O)CCOc2ccc(F)cc2)cc1. The Bertz CT molecular complexity index is 928. The fraction of sp³-hybridized carbons (Fsp3) is 0.250. The molecule has 0 fully saturated rings. The molecule has 0 amide bonds. The highest BCUT2D eigenvalue weighted by molar-refractivity contribution is 7.89. The van der Waals surface area contributed by atoms with Crippen LogP contribution < -0.4 is 14.6 Å². The van der Waals surface area contributed by atoms with Crippen LogP contribution >= 0.6 is 0 Å². The molecule has 0 radical (unpaired) electrons. The Morgan fingerprint density at radius 2 is 1.58 bits per heavy atom. The van der Waals surface area contributed by atoms with Crippen LogP contribution in [0.1, 0.15) is 5.56 Å². The smallest absolute Gasteiger partial charge is 0.238 e. The number of halogens is 1. The average molecular weight is 402 g/mol. The van der Waals surface area contributed by atoms with Crippen LogP contribution in [-0.2, 0) is 26.5 Å². The van der Waals surface area contributed by atoms with E-state index >= 15 is 0 Å². The first-order valence-electron chi connectivity index (χ1n) is 7.63. The maximum Gasteiger partial charge on any atom is 0.238 e. The van der Waals surface area contributed by atoms with E-state index < -0.39 is 25.9 Å². The summed E-state index contributed by atoms with van der Waals surface area (Å²) < 4.78 is 66.6. The Morgan fingerprint density at radius 3 is 2.15 bits per heavy atom. The highest BCUT2D eigenvalue weighted by Crippen LogP contribution is 2.11. The molecule has 142 valence electrons. The monoisotopic (exact) mass is 402 g/mol. The largest absolute Gasteiger partial charge is 0.492 e. The Morgan fingerprint density at radius 1 is 0.962 bits per heavy atom. The van der Waals surface area contributed by atoms with E-state index in [4.69, 9.17) is 9.88 Å². The van der Waals surface area contributed by atoms with E-state index in [0.29, 0.717) is 12.2 Å². The number of ether oxygens (including phenoxy) is 1. The van der Waals surface area contributed by atoms with Crippen molar-refractivity contribution in [3.63, 3.8) is 0 Å². The molecule has 2 aromatic rings.